The van der Waals surface area contributed by atoms with Gasteiger partial charge in [-0.15, -0.1) is 0 Å². The fourth-order valence-electron chi connectivity index (χ4n) is 2.21. The van der Waals surface area contributed by atoms with Crippen LogP contribution in [0, 0.1) is 15.9 Å². The summed E-state index contributed by atoms with van der Waals surface area (Å²) in [6.45, 7) is 1.24. The minimum absolute atomic E-state index is 0.0659. The van der Waals surface area contributed by atoms with Gasteiger partial charge in [0.05, 0.1) is 21.2 Å². The average Bonchev–Trinajstić information content (AvgIpc) is 2.62. The monoisotopic (exact) mass is 444 g/mol. The van der Waals surface area contributed by atoms with E-state index in [9.17, 15) is 32.5 Å². The van der Waals surface area contributed by atoms with Crippen molar-refractivity contribution in [2.45, 2.75) is 17.9 Å². The maximum absolute atomic E-state index is 13.0. The number of amides is 1. The first-order valence-electron chi connectivity index (χ1n) is 7.85. The Morgan fingerprint density at radius 3 is 2.45 bits per heavy atom. The Balaban J connectivity index is 2.17. The van der Waals surface area contributed by atoms with Gasteiger partial charge in [0.15, 0.2) is 15.9 Å². The highest BCUT2D eigenvalue weighted by atomic mass is 35.5. The van der Waals surface area contributed by atoms with Gasteiger partial charge in [-0.25, -0.2) is 17.6 Å². The summed E-state index contributed by atoms with van der Waals surface area (Å²) in [6.07, 6.45) is -0.544. The third-order valence-corrected chi connectivity index (χ3v) is 5.09. The van der Waals surface area contributed by atoms with Crippen molar-refractivity contribution in [1.29, 1.82) is 0 Å². The molecule has 1 atom stereocenters. The summed E-state index contributed by atoms with van der Waals surface area (Å²) in [7, 11) is -3.90. The van der Waals surface area contributed by atoms with Crippen LogP contribution in [0.4, 0.5) is 15.8 Å². The highest BCUT2D eigenvalue weighted by Crippen LogP contribution is 2.26. The molecule has 2 aromatic carbocycles. The number of anilines is 1. The molecule has 0 saturated carbocycles. The number of carbonyl (C=O) groups excluding carboxylic acids is 2. The Kier molecular flexibility index (Phi) is 6.55. The fraction of sp³-hybridized carbons (Fsp3) is 0.176. The second-order valence-electron chi connectivity index (χ2n) is 5.87. The molecule has 29 heavy (non-hydrogen) atoms. The first-order chi connectivity index (χ1) is 13.4. The zero-order chi connectivity index (χ0) is 21.9. The maximum Gasteiger partial charge on any atom is 0.339 e. The second kappa shape index (κ2) is 8.53. The van der Waals surface area contributed by atoms with E-state index < -0.39 is 49.1 Å². The van der Waals surface area contributed by atoms with Crippen LogP contribution < -0.4 is 5.32 Å². The van der Waals surface area contributed by atoms with Crippen LogP contribution in [-0.2, 0) is 19.4 Å². The van der Waals surface area contributed by atoms with E-state index in [1.807, 2.05) is 0 Å². The normalized spacial score (nSPS) is 12.1. The van der Waals surface area contributed by atoms with E-state index >= 15 is 0 Å². The molecule has 1 amide bonds. The lowest BCUT2D eigenvalue weighted by molar-refractivity contribution is -0.387. The molecule has 1 N–H and O–H groups in total. The lowest BCUT2D eigenvalue weighted by Crippen LogP contribution is -2.30. The Labute approximate surface area is 169 Å². The van der Waals surface area contributed by atoms with Crippen LogP contribution in [0.5, 0.6) is 0 Å². The molecule has 0 heterocycles. The molecule has 0 saturated heterocycles. The molecule has 0 aromatic heterocycles. The number of nitro benzene ring substituents is 1. The summed E-state index contributed by atoms with van der Waals surface area (Å²) in [6, 6.07) is 5.97. The van der Waals surface area contributed by atoms with Crippen LogP contribution in [0.1, 0.15) is 17.3 Å². The van der Waals surface area contributed by atoms with E-state index in [1.165, 1.54) is 13.0 Å². The van der Waals surface area contributed by atoms with Crippen molar-refractivity contribution in [1.82, 2.24) is 0 Å². The molecule has 0 spiro atoms. The number of esters is 1. The van der Waals surface area contributed by atoms with E-state index in [1.54, 1.807) is 0 Å². The number of halogens is 2. The van der Waals surface area contributed by atoms with Crippen LogP contribution >= 0.6 is 11.6 Å². The summed E-state index contributed by atoms with van der Waals surface area (Å²) in [5.74, 6) is -2.47. The molecule has 0 unspecified atom stereocenters. The van der Waals surface area contributed by atoms with Crippen LogP contribution in [0.3, 0.4) is 0 Å². The van der Waals surface area contributed by atoms with Gasteiger partial charge in [0.25, 0.3) is 11.6 Å². The Morgan fingerprint density at radius 1 is 1.24 bits per heavy atom. The van der Waals surface area contributed by atoms with Gasteiger partial charge in [-0.1, -0.05) is 11.6 Å². The molecule has 0 fully saturated rings. The number of nitrogens with one attached hydrogen (secondary N) is 1. The van der Waals surface area contributed by atoms with E-state index in [-0.39, 0.29) is 16.3 Å². The standard InChI is InChI=1S/C17H14ClFN2O7S/c1-9(16(22)20-13-5-4-11(19)8-12(13)18)28-17(23)10-3-6-15(29(2,26)27)14(7-10)21(24)25/h3-9H,1-2H3,(H,20,22)/t9-/m1/s1. The molecular weight excluding hydrogens is 431 g/mol. The molecule has 2 rings (SSSR count). The van der Waals surface area contributed by atoms with Crippen LogP contribution in [-0.4, -0.2) is 37.6 Å². The van der Waals surface area contributed by atoms with Crippen molar-refractivity contribution in [3.8, 4) is 0 Å². The molecule has 0 aliphatic rings. The summed E-state index contributed by atoms with van der Waals surface area (Å²) >= 11 is 5.80. The number of hydrogen-bond acceptors (Lipinski definition) is 7. The van der Waals surface area contributed by atoms with Gasteiger partial charge in [0, 0.05) is 12.3 Å². The second-order valence-corrected chi connectivity index (χ2v) is 8.26. The minimum Gasteiger partial charge on any atom is -0.449 e. The van der Waals surface area contributed by atoms with E-state index in [2.05, 4.69) is 5.32 Å². The quantitative estimate of drug-likeness (QED) is 0.411. The summed E-state index contributed by atoms with van der Waals surface area (Å²) < 4.78 is 41.2. The smallest absolute Gasteiger partial charge is 0.339 e. The van der Waals surface area contributed by atoms with Crippen LogP contribution in [0.25, 0.3) is 0 Å². The molecule has 154 valence electrons. The number of nitro groups is 1. The Bertz CT molecular complexity index is 1100. The fourth-order valence-corrected chi connectivity index (χ4v) is 3.25. The largest absolute Gasteiger partial charge is 0.449 e. The number of hydrogen-bond donors (Lipinski definition) is 1. The molecule has 2 aromatic rings. The molecular formula is C17H14ClFN2O7S. The topological polar surface area (TPSA) is 133 Å². The van der Waals surface area contributed by atoms with Crippen molar-refractivity contribution in [3.05, 3.63) is 62.9 Å². The Hall–Kier alpha value is -3.05. The van der Waals surface area contributed by atoms with Gasteiger partial charge in [-0.2, -0.15) is 0 Å². The van der Waals surface area contributed by atoms with Crippen molar-refractivity contribution in [3.63, 3.8) is 0 Å². The molecule has 12 heteroatoms. The first kappa shape index (κ1) is 22.2. The zero-order valence-corrected chi connectivity index (χ0v) is 16.6. The van der Waals surface area contributed by atoms with Gasteiger partial charge in [0.2, 0.25) is 0 Å². The summed E-state index contributed by atoms with van der Waals surface area (Å²) in [5, 5.41) is 13.4. The summed E-state index contributed by atoms with van der Waals surface area (Å²) in [4.78, 5) is 34.0. The van der Waals surface area contributed by atoms with Crippen molar-refractivity contribution in [2.75, 3.05) is 11.6 Å². The highest BCUT2D eigenvalue weighted by Gasteiger charge is 2.26. The summed E-state index contributed by atoms with van der Waals surface area (Å²) in [5.41, 5.74) is -1.02. The molecule has 0 radical (unpaired) electrons. The number of benzene rings is 2. The van der Waals surface area contributed by atoms with Gasteiger partial charge in [-0.05, 0) is 37.3 Å². The number of carbonyl (C=O) groups is 2. The number of sulfone groups is 1. The maximum atomic E-state index is 13.0. The van der Waals surface area contributed by atoms with E-state index in [0.29, 0.717) is 0 Å². The molecule has 0 bridgehead atoms. The first-order valence-corrected chi connectivity index (χ1v) is 10.1. The number of nitrogens with zero attached hydrogens (tertiary/aromatic N) is 1. The van der Waals surface area contributed by atoms with E-state index in [4.69, 9.17) is 16.3 Å². The van der Waals surface area contributed by atoms with E-state index in [0.717, 1.165) is 36.6 Å². The zero-order valence-electron chi connectivity index (χ0n) is 15.0. The van der Waals surface area contributed by atoms with Crippen molar-refractivity contribution >= 4 is 44.7 Å². The van der Waals surface area contributed by atoms with Gasteiger partial charge >= 0.3 is 5.97 Å². The third kappa shape index (κ3) is 5.48. The predicted molar refractivity (Wildman–Crippen MR) is 101 cm³/mol. The predicted octanol–water partition coefficient (Wildman–Crippen LogP) is 2.97. The number of rotatable bonds is 6. The lowest BCUT2D eigenvalue weighted by atomic mass is 10.2. The molecule has 0 aliphatic carbocycles. The minimum atomic E-state index is -3.90. The van der Waals surface area contributed by atoms with Crippen molar-refractivity contribution in [2.24, 2.45) is 0 Å². The SMILES string of the molecule is C[C@@H](OC(=O)c1ccc(S(C)(=O)=O)c([N+](=O)[O-])c1)C(=O)Nc1ccc(F)cc1Cl. The molecule has 0 aliphatic heterocycles. The van der Waals surface area contributed by atoms with Gasteiger partial charge in [-0.3, -0.25) is 14.9 Å². The van der Waals surface area contributed by atoms with Gasteiger partial charge in [0.1, 0.15) is 10.7 Å². The Morgan fingerprint density at radius 2 is 1.90 bits per heavy atom. The third-order valence-electron chi connectivity index (χ3n) is 3.63. The molecule has 9 nitrogen and oxygen atoms in total. The highest BCUT2D eigenvalue weighted by molar-refractivity contribution is 7.90. The lowest BCUT2D eigenvalue weighted by Gasteiger charge is -2.14. The average molecular weight is 445 g/mol. The van der Waals surface area contributed by atoms with Gasteiger partial charge < -0.3 is 10.1 Å². The van der Waals surface area contributed by atoms with Crippen LogP contribution in [0.15, 0.2) is 41.3 Å². The van der Waals surface area contributed by atoms with Crippen LogP contribution in [0.2, 0.25) is 5.02 Å². The van der Waals surface area contributed by atoms with Crippen molar-refractivity contribution < 1.29 is 32.1 Å². The number of ether oxygens (including phenoxy) is 1.